The van der Waals surface area contributed by atoms with Gasteiger partial charge in [-0.25, -0.2) is 0 Å². The van der Waals surface area contributed by atoms with Gasteiger partial charge in [-0.2, -0.15) is 0 Å². The first kappa shape index (κ1) is 9.43. The predicted molar refractivity (Wildman–Crippen MR) is 13.4 cm³/mol. The molecule has 0 aromatic carbocycles. The van der Waals surface area contributed by atoms with Crippen LogP contribution in [0.15, 0.2) is 0 Å². The molecule has 0 rings (SSSR count). The van der Waals surface area contributed by atoms with Crippen LogP contribution < -0.4 is 0 Å². The van der Waals surface area contributed by atoms with Gasteiger partial charge in [-0.3, -0.25) is 0 Å². The Morgan fingerprint density at radius 2 is 1.80 bits per heavy atom. The fourth-order valence-electron chi connectivity index (χ4n) is 0. The van der Waals surface area contributed by atoms with Crippen LogP contribution in [-0.4, -0.2) is 11.7 Å². The average Bonchev–Trinajstić information content (AvgIpc) is 1.46. The van der Waals surface area contributed by atoms with E-state index >= 15 is 0 Å². The van der Waals surface area contributed by atoms with Crippen LogP contribution in [0.25, 0.3) is 0 Å². The second-order valence-corrected chi connectivity index (χ2v) is 0.316. The molecule has 0 radical (unpaired) electrons. The van der Waals surface area contributed by atoms with E-state index in [9.17, 15) is 0 Å². The molecule has 0 aliphatic heterocycles. The number of aliphatic hydroxyl groups excluding tert-OH is 1. The first-order valence-electron chi connectivity index (χ1n) is 1.17. The fraction of sp³-hybridized carbons (Fsp3) is 1.00. The third-order valence-corrected chi connectivity index (χ3v) is 0. The summed E-state index contributed by atoms with van der Waals surface area (Å²) >= 11 is 0.611. The number of aliphatic hydroxyl groups is 1. The van der Waals surface area contributed by atoms with Gasteiger partial charge in [-0.15, -0.1) is 0 Å². The third-order valence-electron chi connectivity index (χ3n) is 0. The summed E-state index contributed by atoms with van der Waals surface area (Å²) in [6, 6.07) is 0. The zero-order valence-corrected chi connectivity index (χ0v) is 5.18. The van der Waals surface area contributed by atoms with Crippen LogP contribution in [0.2, 0.25) is 0 Å². The van der Waals surface area contributed by atoms with Gasteiger partial charge in [0.15, 0.2) is 0 Å². The molecule has 0 saturated heterocycles. The van der Waals surface area contributed by atoms with E-state index in [0.717, 1.165) is 0 Å². The molecule has 0 unspecified atom stereocenters. The quantitative estimate of drug-likeness (QED) is 0.617. The van der Waals surface area contributed by atoms with Crippen LogP contribution in [0.1, 0.15) is 6.92 Å². The molecule has 0 aromatic rings. The summed E-state index contributed by atoms with van der Waals surface area (Å²) in [4.78, 5) is 0. The molecule has 0 heterocycles. The average molecular weight is 219 g/mol. The van der Waals surface area contributed by atoms with Crippen LogP contribution in [0.3, 0.4) is 0 Å². The van der Waals surface area contributed by atoms with Crippen molar-refractivity contribution in [2.75, 3.05) is 6.61 Å². The third kappa shape index (κ3) is 41.1. The zero-order chi connectivity index (χ0) is 4.71. The van der Waals surface area contributed by atoms with Crippen molar-refractivity contribution >= 4 is 0 Å². The van der Waals surface area contributed by atoms with E-state index in [2.05, 4.69) is 0 Å². The molecule has 0 aliphatic carbocycles. The molecule has 0 atom stereocenters. The molecule has 2 nitrogen and oxygen atoms in total. The van der Waals surface area contributed by atoms with Crippen molar-refractivity contribution in [3.63, 3.8) is 0 Å². The van der Waals surface area contributed by atoms with Gasteiger partial charge < -0.3 is 5.11 Å². The Morgan fingerprint density at radius 3 is 1.80 bits per heavy atom. The predicted octanol–water partition coefficient (Wildman–Crippen LogP) is -0.120. The second-order valence-electron chi connectivity index (χ2n) is 0.316. The summed E-state index contributed by atoms with van der Waals surface area (Å²) in [5.41, 5.74) is 0. The SMILES string of the molecule is CCO.[O]=[Gd]. The Kier molecular flexibility index (Phi) is 36.8. The first-order valence-corrected chi connectivity index (χ1v) is 2.09. The molecule has 3 heteroatoms. The molecule has 0 bridgehead atoms. The maximum absolute atomic E-state index is 8.28. The Labute approximate surface area is 57.3 Å². The standard InChI is InChI=1S/C2H6O.Gd.O/c1-2-3;;/h3H,2H2,1H3;;. The van der Waals surface area contributed by atoms with Gasteiger partial charge >= 0.3 is 39.2 Å². The Morgan fingerprint density at radius 1 is 1.80 bits per heavy atom. The van der Waals surface area contributed by atoms with E-state index < -0.39 is 0 Å². The van der Waals surface area contributed by atoms with Gasteiger partial charge in [-0.05, 0) is 6.92 Å². The minimum absolute atomic E-state index is 0.250. The van der Waals surface area contributed by atoms with Crippen molar-refractivity contribution in [2.45, 2.75) is 6.92 Å². The maximum atomic E-state index is 8.28. The van der Waals surface area contributed by atoms with Crippen molar-refractivity contribution in [1.29, 1.82) is 0 Å². The summed E-state index contributed by atoms with van der Waals surface area (Å²) in [5.74, 6) is 0. The van der Waals surface area contributed by atoms with Crippen LogP contribution in [0.4, 0.5) is 0 Å². The molecule has 0 aliphatic rings. The summed E-state index contributed by atoms with van der Waals surface area (Å²) < 4.78 is 8.28. The summed E-state index contributed by atoms with van der Waals surface area (Å²) in [6.45, 7) is 1.93. The van der Waals surface area contributed by atoms with Gasteiger partial charge in [0, 0.05) is 6.61 Å². The van der Waals surface area contributed by atoms with Gasteiger partial charge in [0.05, 0.1) is 0 Å². The van der Waals surface area contributed by atoms with Crippen LogP contribution in [0.5, 0.6) is 0 Å². The molecule has 0 spiro atoms. The van der Waals surface area contributed by atoms with Crippen molar-refractivity contribution in [3.05, 3.63) is 0 Å². The number of hydrogen-bond donors (Lipinski definition) is 1. The van der Waals surface area contributed by atoms with Crippen molar-refractivity contribution < 1.29 is 44.3 Å². The Hall–Kier alpha value is 1.08. The molecule has 0 aromatic heterocycles. The second kappa shape index (κ2) is 19.5. The van der Waals surface area contributed by atoms with E-state index in [1.165, 1.54) is 0 Å². The molecule has 1 N–H and O–H groups in total. The van der Waals surface area contributed by atoms with Gasteiger partial charge in [0.2, 0.25) is 0 Å². The van der Waals surface area contributed by atoms with Crippen molar-refractivity contribution in [1.82, 2.24) is 0 Å². The molecule has 5 heavy (non-hydrogen) atoms. The first-order chi connectivity index (χ1) is 2.41. The summed E-state index contributed by atoms with van der Waals surface area (Å²) in [6.07, 6.45) is 0. The summed E-state index contributed by atoms with van der Waals surface area (Å²) in [7, 11) is 0. The van der Waals surface area contributed by atoms with E-state index in [1.54, 1.807) is 6.92 Å². The molecular weight excluding hydrogens is 213 g/mol. The van der Waals surface area contributed by atoms with Crippen molar-refractivity contribution in [2.24, 2.45) is 0 Å². The molecule has 34 valence electrons. The van der Waals surface area contributed by atoms with Crippen LogP contribution in [0, 0.1) is 38.0 Å². The summed E-state index contributed by atoms with van der Waals surface area (Å²) in [5, 5.41) is 7.57. The fourth-order valence-corrected chi connectivity index (χ4v) is 0. The van der Waals surface area contributed by atoms with Gasteiger partial charge in [-0.1, -0.05) is 0 Å². The monoisotopic (exact) mass is 220 g/mol. The number of rotatable bonds is 0. The topological polar surface area (TPSA) is 37.3 Å². The zero-order valence-electron chi connectivity index (χ0n) is 2.92. The molecule has 0 amide bonds. The minimum atomic E-state index is 0.250. The van der Waals surface area contributed by atoms with E-state index in [0.29, 0.717) is 38.0 Å². The Bertz CT molecular complexity index is 11.6. The van der Waals surface area contributed by atoms with Crippen molar-refractivity contribution in [3.8, 4) is 0 Å². The Balaban J connectivity index is 0. The van der Waals surface area contributed by atoms with Crippen LogP contribution >= 0.6 is 0 Å². The van der Waals surface area contributed by atoms with E-state index in [-0.39, 0.29) is 6.61 Å². The number of hydrogen-bond acceptors (Lipinski definition) is 2. The van der Waals surface area contributed by atoms with Gasteiger partial charge in [0.25, 0.3) is 0 Å². The molecular formula is C2H6GdO2. The molecule has 0 fully saturated rings. The van der Waals surface area contributed by atoms with E-state index in [4.69, 9.17) is 6.27 Å². The van der Waals surface area contributed by atoms with Gasteiger partial charge in [0.1, 0.15) is 0 Å². The van der Waals surface area contributed by atoms with Crippen LogP contribution in [-0.2, 0) is 1.16 Å². The van der Waals surface area contributed by atoms with E-state index in [1.807, 2.05) is 0 Å². The molecule has 0 saturated carbocycles. The normalized spacial score (nSPS) is 4.60.